The van der Waals surface area contributed by atoms with Crippen LogP contribution in [0.3, 0.4) is 0 Å². The van der Waals surface area contributed by atoms with Gasteiger partial charge in [-0.05, 0) is 53.8 Å². The second kappa shape index (κ2) is 8.63. The minimum absolute atomic E-state index is 0.0500. The molecule has 0 spiro atoms. The fourth-order valence-electron chi connectivity index (χ4n) is 4.15. The third kappa shape index (κ3) is 3.73. The van der Waals surface area contributed by atoms with Crippen LogP contribution in [0.2, 0.25) is 0 Å². The molecule has 3 aromatic rings. The molecular weight excluding hydrogens is 464 g/mol. The van der Waals surface area contributed by atoms with Gasteiger partial charge in [-0.15, -0.1) is 0 Å². The van der Waals surface area contributed by atoms with Gasteiger partial charge in [-0.3, -0.25) is 25.1 Å². The molecule has 1 fully saturated rings. The molecule has 2 aliphatic heterocycles. The van der Waals surface area contributed by atoms with E-state index < -0.39 is 23.5 Å². The van der Waals surface area contributed by atoms with Gasteiger partial charge in [-0.2, -0.15) is 0 Å². The lowest BCUT2D eigenvalue weighted by Gasteiger charge is -2.30. The number of carbonyl (C=O) groups excluding carboxylic acids is 3. The van der Waals surface area contributed by atoms with Gasteiger partial charge in [0.05, 0.1) is 26.5 Å². The zero-order valence-corrected chi connectivity index (χ0v) is 19.3. The first kappa shape index (κ1) is 22.7. The molecule has 5 rings (SSSR count). The maximum absolute atomic E-state index is 13.3. The molecule has 180 valence electrons. The molecule has 2 aromatic carbocycles. The highest BCUT2D eigenvalue weighted by atomic mass is 16.5. The number of nitrogens with zero attached hydrogens (tertiary/aromatic N) is 2. The predicted octanol–water partition coefficient (Wildman–Crippen LogP) is 2.01. The van der Waals surface area contributed by atoms with E-state index in [0.29, 0.717) is 33.9 Å². The van der Waals surface area contributed by atoms with Gasteiger partial charge in [-0.1, -0.05) is 18.2 Å². The fraction of sp³-hybridized carbons (Fsp3) is 0.154. The van der Waals surface area contributed by atoms with E-state index in [1.807, 2.05) is 0 Å². The van der Waals surface area contributed by atoms with Crippen LogP contribution in [-0.4, -0.2) is 52.7 Å². The van der Waals surface area contributed by atoms with Crippen molar-refractivity contribution in [2.75, 3.05) is 14.2 Å². The van der Waals surface area contributed by atoms with Crippen molar-refractivity contribution in [3.05, 3.63) is 71.4 Å². The summed E-state index contributed by atoms with van der Waals surface area (Å²) in [5.74, 6) is 5.23. The molecule has 2 aliphatic rings. The molecule has 1 aromatic heterocycles. The highest BCUT2D eigenvalue weighted by Gasteiger charge is 2.54. The van der Waals surface area contributed by atoms with E-state index in [-0.39, 0.29) is 18.0 Å². The van der Waals surface area contributed by atoms with Crippen LogP contribution in [0.4, 0.5) is 4.79 Å². The summed E-state index contributed by atoms with van der Waals surface area (Å²) in [6, 6.07) is 14.1. The average molecular weight is 484 g/mol. The monoisotopic (exact) mass is 484 g/mol. The molecular formula is C26H20N4O6. The number of aromatic hydroxyl groups is 1. The van der Waals surface area contributed by atoms with Crippen LogP contribution < -0.4 is 20.1 Å². The molecule has 0 unspecified atom stereocenters. The van der Waals surface area contributed by atoms with E-state index >= 15 is 0 Å². The first-order chi connectivity index (χ1) is 17.3. The summed E-state index contributed by atoms with van der Waals surface area (Å²) >= 11 is 0. The molecule has 1 atom stereocenters. The Balaban J connectivity index is 1.59. The Labute approximate surface area is 205 Å². The molecule has 4 amide bonds. The highest BCUT2D eigenvalue weighted by Crippen LogP contribution is 2.32. The van der Waals surface area contributed by atoms with Gasteiger partial charge in [0, 0.05) is 11.1 Å². The van der Waals surface area contributed by atoms with Crippen molar-refractivity contribution in [2.24, 2.45) is 0 Å². The average Bonchev–Trinajstić information content (AvgIpc) is 3.37. The number of amides is 4. The number of methoxy groups -OCH3 is 2. The lowest BCUT2D eigenvalue weighted by atomic mass is 10.1. The van der Waals surface area contributed by atoms with Crippen molar-refractivity contribution in [1.82, 2.24) is 20.5 Å². The second-order valence-corrected chi connectivity index (χ2v) is 8.08. The summed E-state index contributed by atoms with van der Waals surface area (Å²) in [7, 11) is 2.94. The topological polar surface area (TPSA) is 130 Å². The minimum atomic E-state index is -1.96. The Bertz CT molecular complexity index is 1490. The van der Waals surface area contributed by atoms with E-state index in [1.54, 1.807) is 54.6 Å². The van der Waals surface area contributed by atoms with Crippen molar-refractivity contribution in [1.29, 1.82) is 0 Å². The third-order valence-corrected chi connectivity index (χ3v) is 5.96. The largest absolute Gasteiger partial charge is 0.508 e. The molecule has 0 aliphatic carbocycles. The molecule has 10 heteroatoms. The van der Waals surface area contributed by atoms with Crippen LogP contribution in [0.25, 0.3) is 11.3 Å². The highest BCUT2D eigenvalue weighted by molar-refractivity contribution is 6.12. The molecule has 10 nitrogen and oxygen atoms in total. The Hall–Kier alpha value is -5.04. The number of pyridine rings is 1. The number of aromatic nitrogens is 1. The van der Waals surface area contributed by atoms with E-state index in [0.717, 1.165) is 0 Å². The van der Waals surface area contributed by atoms with Gasteiger partial charge >= 0.3 is 6.03 Å². The number of rotatable bonds is 4. The lowest BCUT2D eigenvalue weighted by Crippen LogP contribution is -2.60. The van der Waals surface area contributed by atoms with Gasteiger partial charge in [0.15, 0.2) is 11.4 Å². The molecule has 0 radical (unpaired) electrons. The number of benzene rings is 2. The molecule has 0 bridgehead atoms. The standard InChI is InChI=1S/C26H20N4O6/c1-35-18-7-6-16-14-30(23(32)19(16)13-18)26(24(33)28-25(34)29-26)11-10-21-22(36-2)9-8-20(27-21)15-4-3-5-17(31)12-15/h3-9,12-13,31H,14H2,1-2H3,(H2,28,29,33,34)/t26-/m1/s1. The smallest absolute Gasteiger partial charge is 0.324 e. The van der Waals surface area contributed by atoms with E-state index in [2.05, 4.69) is 27.5 Å². The number of ether oxygens (including phenoxy) is 2. The predicted molar refractivity (Wildman–Crippen MR) is 127 cm³/mol. The first-order valence-corrected chi connectivity index (χ1v) is 10.8. The number of phenols is 1. The van der Waals surface area contributed by atoms with Crippen LogP contribution in [0, 0.1) is 11.8 Å². The Morgan fingerprint density at radius 3 is 2.58 bits per heavy atom. The number of nitrogens with one attached hydrogen (secondary N) is 2. The summed E-state index contributed by atoms with van der Waals surface area (Å²) in [6.07, 6.45) is 0. The Morgan fingerprint density at radius 1 is 1.06 bits per heavy atom. The van der Waals surface area contributed by atoms with E-state index in [1.165, 1.54) is 19.1 Å². The van der Waals surface area contributed by atoms with Crippen LogP contribution in [0.5, 0.6) is 17.2 Å². The van der Waals surface area contributed by atoms with Gasteiger partial charge < -0.3 is 14.6 Å². The molecule has 3 heterocycles. The van der Waals surface area contributed by atoms with Crippen molar-refractivity contribution in [3.63, 3.8) is 0 Å². The van der Waals surface area contributed by atoms with Crippen molar-refractivity contribution in [3.8, 4) is 40.3 Å². The summed E-state index contributed by atoms with van der Waals surface area (Å²) in [6.45, 7) is 0.0500. The van der Waals surface area contributed by atoms with E-state index in [9.17, 15) is 19.5 Å². The minimum Gasteiger partial charge on any atom is -0.508 e. The number of imide groups is 1. The molecule has 0 saturated carbocycles. The maximum Gasteiger partial charge on any atom is 0.324 e. The number of hydrogen-bond donors (Lipinski definition) is 3. The second-order valence-electron chi connectivity index (χ2n) is 8.08. The van der Waals surface area contributed by atoms with Gasteiger partial charge in [0.25, 0.3) is 17.5 Å². The number of phenolic OH excluding ortho intramolecular Hbond substituents is 1. The molecule has 3 N–H and O–H groups in total. The normalized spacial score (nSPS) is 18.2. The Morgan fingerprint density at radius 2 is 1.89 bits per heavy atom. The van der Waals surface area contributed by atoms with Crippen LogP contribution in [-0.2, 0) is 11.3 Å². The van der Waals surface area contributed by atoms with Crippen molar-refractivity contribution in [2.45, 2.75) is 12.2 Å². The van der Waals surface area contributed by atoms with Crippen LogP contribution in [0.15, 0.2) is 54.6 Å². The number of fused-ring (bicyclic) bond motifs is 1. The lowest BCUT2D eigenvalue weighted by molar-refractivity contribution is -0.126. The van der Waals surface area contributed by atoms with Gasteiger partial charge in [0.1, 0.15) is 11.5 Å². The quantitative estimate of drug-likeness (QED) is 0.382. The molecule has 1 saturated heterocycles. The SMILES string of the molecule is COc1ccc2c(c1)C(=O)N([C@@]1(C#Cc3nc(-c4cccc(O)c4)ccc3OC)NC(=O)NC1=O)C2. The summed E-state index contributed by atoms with van der Waals surface area (Å²) in [5, 5.41) is 14.5. The van der Waals surface area contributed by atoms with Crippen LogP contribution in [0.1, 0.15) is 21.6 Å². The third-order valence-electron chi connectivity index (χ3n) is 5.96. The number of urea groups is 1. The fourth-order valence-corrected chi connectivity index (χ4v) is 4.15. The summed E-state index contributed by atoms with van der Waals surface area (Å²) < 4.78 is 10.6. The number of carbonyl (C=O) groups is 3. The number of hydrogen-bond acceptors (Lipinski definition) is 7. The zero-order chi connectivity index (χ0) is 25.4. The summed E-state index contributed by atoms with van der Waals surface area (Å²) in [4.78, 5) is 44.2. The van der Waals surface area contributed by atoms with Crippen LogP contribution >= 0.6 is 0 Å². The zero-order valence-electron chi connectivity index (χ0n) is 19.3. The molecule has 36 heavy (non-hydrogen) atoms. The first-order valence-electron chi connectivity index (χ1n) is 10.8. The van der Waals surface area contributed by atoms with E-state index in [4.69, 9.17) is 9.47 Å². The van der Waals surface area contributed by atoms with Gasteiger partial charge in [0.2, 0.25) is 0 Å². The summed E-state index contributed by atoms with van der Waals surface area (Å²) in [5.41, 5.74) is 0.373. The van der Waals surface area contributed by atoms with Crippen molar-refractivity contribution < 1.29 is 29.0 Å². The van der Waals surface area contributed by atoms with Crippen molar-refractivity contribution >= 4 is 17.8 Å². The maximum atomic E-state index is 13.3. The van der Waals surface area contributed by atoms with Gasteiger partial charge in [-0.25, -0.2) is 9.78 Å². The Kier molecular flexibility index (Phi) is 5.45.